The van der Waals surface area contributed by atoms with Gasteiger partial charge in [-0.25, -0.2) is 0 Å². The summed E-state index contributed by atoms with van der Waals surface area (Å²) >= 11 is 0. The number of nitrogens with one attached hydrogen (secondary N) is 1. The van der Waals surface area contributed by atoms with Crippen molar-refractivity contribution in [1.82, 2.24) is 10.2 Å². The van der Waals surface area contributed by atoms with E-state index in [2.05, 4.69) is 11.4 Å². The van der Waals surface area contributed by atoms with E-state index < -0.39 is 0 Å². The number of amides is 2. The number of carbonyl (C=O) groups is 2. The Balaban J connectivity index is 1.79. The van der Waals surface area contributed by atoms with Crippen molar-refractivity contribution in [3.8, 4) is 0 Å². The minimum absolute atomic E-state index is 0.0378. The molecule has 18 heavy (non-hydrogen) atoms. The van der Waals surface area contributed by atoms with Gasteiger partial charge in [-0.2, -0.15) is 0 Å². The van der Waals surface area contributed by atoms with Crippen molar-refractivity contribution in [2.45, 2.75) is 51.5 Å². The third-order valence-corrected chi connectivity index (χ3v) is 3.77. The highest BCUT2D eigenvalue weighted by Gasteiger charge is 2.23. The van der Waals surface area contributed by atoms with Crippen LogP contribution in [0.4, 0.5) is 0 Å². The average Bonchev–Trinajstić information content (AvgIpc) is 2.76. The van der Waals surface area contributed by atoms with Crippen LogP contribution in [0.1, 0.15) is 45.4 Å². The van der Waals surface area contributed by atoms with Gasteiger partial charge in [0.05, 0.1) is 6.54 Å². The summed E-state index contributed by atoms with van der Waals surface area (Å²) in [6.45, 7) is 2.97. The molecule has 1 saturated heterocycles. The van der Waals surface area contributed by atoms with Crippen molar-refractivity contribution in [1.29, 1.82) is 0 Å². The predicted molar refractivity (Wildman–Crippen MR) is 70.0 cm³/mol. The highest BCUT2D eigenvalue weighted by Crippen LogP contribution is 2.20. The largest absolute Gasteiger partial charge is 0.348 e. The van der Waals surface area contributed by atoms with Gasteiger partial charge in [-0.1, -0.05) is 11.6 Å². The smallest absolute Gasteiger partial charge is 0.240 e. The lowest BCUT2D eigenvalue weighted by atomic mass is 9.95. The van der Waals surface area contributed by atoms with Crippen molar-refractivity contribution in [2.75, 3.05) is 13.1 Å². The van der Waals surface area contributed by atoms with E-state index in [0.29, 0.717) is 6.42 Å². The van der Waals surface area contributed by atoms with Crippen LogP contribution in [-0.2, 0) is 9.59 Å². The lowest BCUT2D eigenvalue weighted by Crippen LogP contribution is -2.42. The molecular formula is C14H22N2O2. The predicted octanol–water partition coefficient (Wildman–Crippen LogP) is 1.61. The maximum Gasteiger partial charge on any atom is 0.240 e. The van der Waals surface area contributed by atoms with Crippen LogP contribution in [0.3, 0.4) is 0 Å². The summed E-state index contributed by atoms with van der Waals surface area (Å²) in [5.74, 6) is 0.0684. The first-order valence-corrected chi connectivity index (χ1v) is 6.93. The number of carbonyl (C=O) groups excluding carboxylic acids is 2. The first kappa shape index (κ1) is 13.1. The van der Waals surface area contributed by atoms with Crippen LogP contribution in [0.2, 0.25) is 0 Å². The molecule has 1 aliphatic carbocycles. The molecule has 0 unspecified atom stereocenters. The van der Waals surface area contributed by atoms with Crippen molar-refractivity contribution >= 4 is 11.8 Å². The van der Waals surface area contributed by atoms with Gasteiger partial charge in [0.1, 0.15) is 0 Å². The van der Waals surface area contributed by atoms with Crippen molar-refractivity contribution in [3.63, 3.8) is 0 Å². The maximum absolute atomic E-state index is 11.9. The molecular weight excluding hydrogens is 228 g/mol. The van der Waals surface area contributed by atoms with Gasteiger partial charge < -0.3 is 10.2 Å². The number of hydrogen-bond donors (Lipinski definition) is 1. The molecule has 0 aromatic heterocycles. The van der Waals surface area contributed by atoms with Gasteiger partial charge in [0.15, 0.2) is 0 Å². The minimum Gasteiger partial charge on any atom is -0.348 e. The molecule has 1 N–H and O–H groups in total. The van der Waals surface area contributed by atoms with Crippen LogP contribution in [0.25, 0.3) is 0 Å². The molecule has 2 aliphatic rings. The molecule has 2 rings (SSSR count). The molecule has 4 nitrogen and oxygen atoms in total. The molecule has 0 saturated carbocycles. The summed E-state index contributed by atoms with van der Waals surface area (Å²) in [5.41, 5.74) is 1.34. The normalized spacial score (nSPS) is 21.7. The molecule has 0 radical (unpaired) electrons. The first-order chi connectivity index (χ1) is 8.66. The highest BCUT2D eigenvalue weighted by molar-refractivity contribution is 5.86. The van der Waals surface area contributed by atoms with E-state index in [0.717, 1.165) is 25.8 Å². The molecule has 0 aromatic rings. The van der Waals surface area contributed by atoms with E-state index in [1.54, 1.807) is 4.90 Å². The topological polar surface area (TPSA) is 49.4 Å². The molecule has 1 aliphatic heterocycles. The Hall–Kier alpha value is -1.32. The van der Waals surface area contributed by atoms with Gasteiger partial charge in [0, 0.05) is 19.0 Å². The van der Waals surface area contributed by atoms with Gasteiger partial charge in [-0.15, -0.1) is 0 Å². The molecule has 0 bridgehead atoms. The molecule has 0 spiro atoms. The van der Waals surface area contributed by atoms with Crippen molar-refractivity contribution in [3.05, 3.63) is 11.6 Å². The zero-order valence-electron chi connectivity index (χ0n) is 11.1. The highest BCUT2D eigenvalue weighted by atomic mass is 16.2. The van der Waals surface area contributed by atoms with Gasteiger partial charge in [0.25, 0.3) is 0 Å². The summed E-state index contributed by atoms with van der Waals surface area (Å²) in [4.78, 5) is 24.9. The van der Waals surface area contributed by atoms with Crippen molar-refractivity contribution < 1.29 is 9.59 Å². The molecule has 100 valence electrons. The van der Waals surface area contributed by atoms with Gasteiger partial charge in [-0.3, -0.25) is 9.59 Å². The fourth-order valence-corrected chi connectivity index (χ4v) is 2.68. The van der Waals surface area contributed by atoms with E-state index in [-0.39, 0.29) is 24.4 Å². The summed E-state index contributed by atoms with van der Waals surface area (Å²) < 4.78 is 0. The third kappa shape index (κ3) is 3.34. The van der Waals surface area contributed by atoms with E-state index in [1.165, 1.54) is 18.4 Å². The Labute approximate surface area is 108 Å². The maximum atomic E-state index is 11.9. The molecule has 0 aromatic carbocycles. The number of allylic oxidation sites excluding steroid dienone is 1. The monoisotopic (exact) mass is 250 g/mol. The molecule has 1 heterocycles. The summed E-state index contributed by atoms with van der Waals surface area (Å²) in [6, 6.07) is 0.107. The standard InChI is InChI=1S/C14H22N2O2/c1-11(12-6-3-2-4-7-12)15-13(17)10-16-9-5-8-14(16)18/h6,11H,2-5,7-10H2,1H3,(H,15,17)/t11-/m0/s1. The fraction of sp³-hybridized carbons (Fsp3) is 0.714. The quantitative estimate of drug-likeness (QED) is 0.771. The van der Waals surface area contributed by atoms with Crippen molar-refractivity contribution in [2.24, 2.45) is 0 Å². The molecule has 1 atom stereocenters. The average molecular weight is 250 g/mol. The Morgan fingerprint density at radius 3 is 2.83 bits per heavy atom. The van der Waals surface area contributed by atoms with Crippen LogP contribution < -0.4 is 5.32 Å². The van der Waals surface area contributed by atoms with Gasteiger partial charge >= 0.3 is 0 Å². The fourth-order valence-electron chi connectivity index (χ4n) is 2.68. The zero-order valence-corrected chi connectivity index (χ0v) is 11.1. The Kier molecular flexibility index (Phi) is 4.39. The minimum atomic E-state index is -0.0378. The second-order valence-electron chi connectivity index (χ2n) is 5.23. The molecule has 4 heteroatoms. The number of rotatable bonds is 4. The Morgan fingerprint density at radius 2 is 2.22 bits per heavy atom. The van der Waals surface area contributed by atoms with E-state index >= 15 is 0 Å². The van der Waals surface area contributed by atoms with Gasteiger partial charge in [0.2, 0.25) is 11.8 Å². The van der Waals surface area contributed by atoms with E-state index in [9.17, 15) is 9.59 Å². The second-order valence-corrected chi connectivity index (χ2v) is 5.23. The Bertz CT molecular complexity index is 363. The van der Waals surface area contributed by atoms with Crippen LogP contribution >= 0.6 is 0 Å². The van der Waals surface area contributed by atoms with Crippen LogP contribution in [0, 0.1) is 0 Å². The zero-order chi connectivity index (χ0) is 13.0. The van der Waals surface area contributed by atoms with E-state index in [4.69, 9.17) is 0 Å². The van der Waals surface area contributed by atoms with Crippen LogP contribution in [-0.4, -0.2) is 35.8 Å². The Morgan fingerprint density at radius 1 is 1.39 bits per heavy atom. The summed E-state index contributed by atoms with van der Waals surface area (Å²) in [7, 11) is 0. The van der Waals surface area contributed by atoms with Gasteiger partial charge in [-0.05, 0) is 39.0 Å². The second kappa shape index (κ2) is 6.03. The number of likely N-dealkylation sites (tertiary alicyclic amines) is 1. The molecule has 2 amide bonds. The molecule has 1 fully saturated rings. The summed E-state index contributed by atoms with van der Waals surface area (Å²) in [5, 5.41) is 3.00. The summed E-state index contributed by atoms with van der Waals surface area (Å²) in [6.07, 6.45) is 8.41. The van der Waals surface area contributed by atoms with Crippen LogP contribution in [0.5, 0.6) is 0 Å². The van der Waals surface area contributed by atoms with Crippen LogP contribution in [0.15, 0.2) is 11.6 Å². The number of hydrogen-bond acceptors (Lipinski definition) is 2. The lowest BCUT2D eigenvalue weighted by molar-refractivity contribution is -0.133. The number of nitrogens with zero attached hydrogens (tertiary/aromatic N) is 1. The SMILES string of the molecule is C[C@H](NC(=O)CN1CCCC1=O)C1=CCCCC1. The third-order valence-electron chi connectivity index (χ3n) is 3.77. The first-order valence-electron chi connectivity index (χ1n) is 6.93. The lowest BCUT2D eigenvalue weighted by Gasteiger charge is -2.22. The van der Waals surface area contributed by atoms with E-state index in [1.807, 2.05) is 6.92 Å².